The van der Waals surface area contributed by atoms with E-state index in [1.54, 1.807) is 0 Å². The molecular formula is C13H11F4N3O2. The van der Waals surface area contributed by atoms with Crippen LogP contribution in [-0.2, 0) is 12.8 Å². The highest BCUT2D eigenvalue weighted by Gasteiger charge is 2.34. The summed E-state index contributed by atoms with van der Waals surface area (Å²) < 4.78 is 61.3. The quantitative estimate of drug-likeness (QED) is 0.878. The Hall–Kier alpha value is -2.58. The van der Waals surface area contributed by atoms with Crippen molar-refractivity contribution in [3.63, 3.8) is 0 Å². The first kappa shape index (κ1) is 15.8. The molecule has 0 amide bonds. The second kappa shape index (κ2) is 6.04. The van der Waals surface area contributed by atoms with E-state index in [0.717, 1.165) is 19.4 Å². The predicted molar refractivity (Wildman–Crippen MR) is 68.7 cm³/mol. The van der Waals surface area contributed by atoms with Gasteiger partial charge in [-0.25, -0.2) is 9.37 Å². The van der Waals surface area contributed by atoms with Crippen LogP contribution in [0.15, 0.2) is 24.4 Å². The van der Waals surface area contributed by atoms with E-state index in [9.17, 15) is 17.6 Å². The zero-order valence-corrected chi connectivity index (χ0v) is 11.3. The molecule has 0 atom stereocenters. The van der Waals surface area contributed by atoms with Gasteiger partial charge < -0.3 is 15.2 Å². The molecule has 0 aliphatic rings. The Morgan fingerprint density at radius 1 is 1.27 bits per heavy atom. The van der Waals surface area contributed by atoms with E-state index in [0.29, 0.717) is 0 Å². The number of hydrogen-bond acceptors (Lipinski definition) is 5. The van der Waals surface area contributed by atoms with Crippen LogP contribution in [-0.4, -0.2) is 17.1 Å². The Labute approximate surface area is 122 Å². The fraction of sp³-hybridized carbons (Fsp3) is 0.231. The highest BCUT2D eigenvalue weighted by atomic mass is 19.4. The number of nitrogen functional groups attached to an aromatic ring is 1. The van der Waals surface area contributed by atoms with E-state index in [-0.39, 0.29) is 23.9 Å². The lowest BCUT2D eigenvalue weighted by Crippen LogP contribution is -2.09. The minimum atomic E-state index is -4.56. The molecular weight excluding hydrogens is 306 g/mol. The Morgan fingerprint density at radius 3 is 2.59 bits per heavy atom. The summed E-state index contributed by atoms with van der Waals surface area (Å²) in [7, 11) is 1.15. The molecule has 0 unspecified atom stereocenters. The van der Waals surface area contributed by atoms with Crippen molar-refractivity contribution in [3.05, 3.63) is 41.3 Å². The maximum atomic E-state index is 12.9. The third-order valence-corrected chi connectivity index (χ3v) is 2.69. The molecule has 0 saturated carbocycles. The molecule has 0 saturated heterocycles. The second-order valence-corrected chi connectivity index (χ2v) is 4.21. The van der Waals surface area contributed by atoms with Gasteiger partial charge in [0.15, 0.2) is 11.6 Å². The van der Waals surface area contributed by atoms with Gasteiger partial charge in [0.25, 0.3) is 0 Å². The van der Waals surface area contributed by atoms with Gasteiger partial charge in [-0.1, -0.05) is 6.07 Å². The van der Waals surface area contributed by atoms with Gasteiger partial charge in [0, 0.05) is 0 Å². The number of alkyl halides is 3. The van der Waals surface area contributed by atoms with Gasteiger partial charge in [-0.3, -0.25) is 0 Å². The molecule has 0 fully saturated rings. The van der Waals surface area contributed by atoms with Gasteiger partial charge in [0.05, 0.1) is 18.9 Å². The smallest absolute Gasteiger partial charge is 0.419 e. The molecule has 5 nitrogen and oxygen atoms in total. The van der Waals surface area contributed by atoms with Crippen molar-refractivity contribution in [2.75, 3.05) is 12.8 Å². The number of aromatic nitrogens is 2. The molecule has 0 bridgehead atoms. The van der Waals surface area contributed by atoms with Crippen LogP contribution in [0.3, 0.4) is 0 Å². The normalized spacial score (nSPS) is 11.3. The summed E-state index contributed by atoms with van der Waals surface area (Å²) in [6.45, 7) is -0.238. The number of benzene rings is 1. The molecule has 118 valence electrons. The molecule has 0 spiro atoms. The van der Waals surface area contributed by atoms with E-state index in [1.165, 1.54) is 12.1 Å². The van der Waals surface area contributed by atoms with Crippen molar-refractivity contribution in [2.24, 2.45) is 0 Å². The lowest BCUT2D eigenvalue weighted by molar-refractivity contribution is -0.138. The first-order valence-corrected chi connectivity index (χ1v) is 5.96. The minimum absolute atomic E-state index is 0.222. The summed E-state index contributed by atoms with van der Waals surface area (Å²) in [6.07, 6.45) is -3.75. The van der Waals surface area contributed by atoms with Crippen LogP contribution in [0, 0.1) is 5.82 Å². The number of anilines is 1. The summed E-state index contributed by atoms with van der Waals surface area (Å²) in [5.41, 5.74) is 4.54. The topological polar surface area (TPSA) is 70.3 Å². The standard InChI is InChI=1S/C13H11F4N3O2/c1-21-10-3-2-7(4-8(10)13(15,16)17)6-22-12-19-5-9(14)11(18)20-12/h2-5H,6H2,1H3,(H2,18,19,20). The van der Waals surface area contributed by atoms with Gasteiger partial charge in [0.1, 0.15) is 12.4 Å². The van der Waals surface area contributed by atoms with Crippen LogP contribution in [0.2, 0.25) is 0 Å². The van der Waals surface area contributed by atoms with Crippen molar-refractivity contribution in [3.8, 4) is 11.8 Å². The molecule has 0 radical (unpaired) electrons. The molecule has 9 heteroatoms. The molecule has 0 aliphatic heterocycles. The summed E-state index contributed by atoms with van der Waals surface area (Å²) in [6, 6.07) is 3.25. The molecule has 1 aromatic carbocycles. The zero-order chi connectivity index (χ0) is 16.3. The van der Waals surface area contributed by atoms with Gasteiger partial charge in [-0.2, -0.15) is 18.2 Å². The zero-order valence-electron chi connectivity index (χ0n) is 11.3. The summed E-state index contributed by atoms with van der Waals surface area (Å²) in [4.78, 5) is 7.04. The fourth-order valence-corrected chi connectivity index (χ4v) is 1.65. The van der Waals surface area contributed by atoms with E-state index in [2.05, 4.69) is 14.7 Å². The number of methoxy groups -OCH3 is 1. The van der Waals surface area contributed by atoms with Crippen LogP contribution < -0.4 is 15.2 Å². The molecule has 2 rings (SSSR count). The number of hydrogen-bond donors (Lipinski definition) is 1. The lowest BCUT2D eigenvalue weighted by atomic mass is 10.1. The van der Waals surface area contributed by atoms with Crippen molar-refractivity contribution in [1.29, 1.82) is 0 Å². The average molecular weight is 317 g/mol. The largest absolute Gasteiger partial charge is 0.496 e. The van der Waals surface area contributed by atoms with Crippen molar-refractivity contribution < 1.29 is 27.0 Å². The Bertz CT molecular complexity index is 677. The van der Waals surface area contributed by atoms with E-state index < -0.39 is 23.4 Å². The molecule has 2 aromatic rings. The first-order valence-electron chi connectivity index (χ1n) is 5.96. The fourth-order valence-electron chi connectivity index (χ4n) is 1.65. The molecule has 2 N–H and O–H groups in total. The van der Waals surface area contributed by atoms with Crippen molar-refractivity contribution in [2.45, 2.75) is 12.8 Å². The number of nitrogens with zero attached hydrogens (tertiary/aromatic N) is 2. The third-order valence-electron chi connectivity index (χ3n) is 2.69. The Balaban J connectivity index is 2.18. The third kappa shape index (κ3) is 3.54. The van der Waals surface area contributed by atoms with Gasteiger partial charge in [0.2, 0.25) is 0 Å². The lowest BCUT2D eigenvalue weighted by Gasteiger charge is -2.13. The van der Waals surface area contributed by atoms with Gasteiger partial charge >= 0.3 is 12.2 Å². The number of nitrogens with two attached hydrogens (primary N) is 1. The summed E-state index contributed by atoms with van der Waals surface area (Å²) >= 11 is 0. The van der Waals surface area contributed by atoms with Crippen LogP contribution >= 0.6 is 0 Å². The van der Waals surface area contributed by atoms with E-state index >= 15 is 0 Å². The molecule has 1 aromatic heterocycles. The maximum Gasteiger partial charge on any atom is 0.419 e. The van der Waals surface area contributed by atoms with Crippen LogP contribution in [0.4, 0.5) is 23.4 Å². The average Bonchev–Trinajstić information content (AvgIpc) is 2.47. The number of rotatable bonds is 4. The van der Waals surface area contributed by atoms with Crippen LogP contribution in [0.25, 0.3) is 0 Å². The summed E-state index contributed by atoms with van der Waals surface area (Å²) in [5, 5.41) is 0. The number of halogens is 4. The van der Waals surface area contributed by atoms with Crippen LogP contribution in [0.1, 0.15) is 11.1 Å². The Kier molecular flexibility index (Phi) is 4.34. The number of ether oxygens (including phenoxy) is 2. The van der Waals surface area contributed by atoms with Crippen molar-refractivity contribution in [1.82, 2.24) is 9.97 Å². The van der Waals surface area contributed by atoms with Gasteiger partial charge in [-0.15, -0.1) is 0 Å². The van der Waals surface area contributed by atoms with Crippen molar-refractivity contribution >= 4 is 5.82 Å². The molecule has 0 aliphatic carbocycles. The summed E-state index contributed by atoms with van der Waals surface area (Å²) in [5.74, 6) is -1.51. The second-order valence-electron chi connectivity index (χ2n) is 4.21. The van der Waals surface area contributed by atoms with Gasteiger partial charge in [-0.05, 0) is 17.7 Å². The highest BCUT2D eigenvalue weighted by molar-refractivity contribution is 5.39. The monoisotopic (exact) mass is 317 g/mol. The molecule has 1 heterocycles. The van der Waals surface area contributed by atoms with E-state index in [4.69, 9.17) is 10.5 Å². The first-order chi connectivity index (χ1) is 10.3. The minimum Gasteiger partial charge on any atom is -0.496 e. The SMILES string of the molecule is COc1ccc(COc2ncc(F)c(N)n2)cc1C(F)(F)F. The predicted octanol–water partition coefficient (Wildman–Crippen LogP) is 2.80. The van der Waals surface area contributed by atoms with Crippen LogP contribution in [0.5, 0.6) is 11.8 Å². The molecule has 22 heavy (non-hydrogen) atoms. The van der Waals surface area contributed by atoms with E-state index in [1.807, 2.05) is 0 Å². The highest BCUT2D eigenvalue weighted by Crippen LogP contribution is 2.36. The Morgan fingerprint density at radius 2 is 2.00 bits per heavy atom. The maximum absolute atomic E-state index is 12.9.